The van der Waals surface area contributed by atoms with Crippen LogP contribution in [0.3, 0.4) is 0 Å². The molecule has 1 nitrogen and oxygen atoms in total. The highest BCUT2D eigenvalue weighted by Gasteiger charge is 2.30. The second-order valence-corrected chi connectivity index (χ2v) is 5.72. The molecule has 1 aliphatic carbocycles. The minimum Gasteiger partial charge on any atom is -0.385 e. The maximum Gasteiger partial charge on any atom is 0.416 e. The van der Waals surface area contributed by atoms with E-state index in [1.165, 1.54) is 25.0 Å². The molecule has 5 heteroatoms. The second kappa shape index (κ2) is 6.70. The Labute approximate surface area is 122 Å². The van der Waals surface area contributed by atoms with Gasteiger partial charge in [0.25, 0.3) is 0 Å². The SMILES string of the molecule is FC(F)(F)c1ccc(NCC2CCCCC2CCl)cc1. The van der Waals surface area contributed by atoms with Crippen LogP contribution in [0, 0.1) is 11.8 Å². The number of halogens is 4. The Hall–Kier alpha value is -0.900. The monoisotopic (exact) mass is 305 g/mol. The predicted molar refractivity (Wildman–Crippen MR) is 76.1 cm³/mol. The van der Waals surface area contributed by atoms with Gasteiger partial charge in [0, 0.05) is 18.1 Å². The van der Waals surface area contributed by atoms with Crippen molar-refractivity contribution in [1.82, 2.24) is 0 Å². The van der Waals surface area contributed by atoms with Crippen LogP contribution in [0.5, 0.6) is 0 Å². The van der Waals surface area contributed by atoms with Crippen molar-refractivity contribution in [3.8, 4) is 0 Å². The molecule has 1 aliphatic rings. The van der Waals surface area contributed by atoms with Crippen molar-refractivity contribution < 1.29 is 13.2 Å². The van der Waals surface area contributed by atoms with Gasteiger partial charge in [-0.05, 0) is 48.9 Å². The molecule has 0 spiro atoms. The number of benzene rings is 1. The molecule has 20 heavy (non-hydrogen) atoms. The van der Waals surface area contributed by atoms with Gasteiger partial charge >= 0.3 is 6.18 Å². The zero-order valence-electron chi connectivity index (χ0n) is 11.2. The maximum absolute atomic E-state index is 12.5. The van der Waals surface area contributed by atoms with E-state index in [0.717, 1.165) is 37.2 Å². The molecule has 1 fully saturated rings. The molecule has 0 aromatic heterocycles. The molecule has 0 heterocycles. The Morgan fingerprint density at radius 2 is 1.65 bits per heavy atom. The Morgan fingerprint density at radius 3 is 2.20 bits per heavy atom. The number of hydrogen-bond acceptors (Lipinski definition) is 1. The fraction of sp³-hybridized carbons (Fsp3) is 0.600. The lowest BCUT2D eigenvalue weighted by Crippen LogP contribution is -2.27. The smallest absolute Gasteiger partial charge is 0.385 e. The topological polar surface area (TPSA) is 12.0 Å². The molecule has 2 atom stereocenters. The first kappa shape index (κ1) is 15.5. The van der Waals surface area contributed by atoms with Gasteiger partial charge < -0.3 is 5.32 Å². The first-order chi connectivity index (χ1) is 9.50. The first-order valence-electron chi connectivity index (χ1n) is 6.98. The molecule has 1 N–H and O–H groups in total. The van der Waals surface area contributed by atoms with Gasteiger partial charge in [-0.3, -0.25) is 0 Å². The average molecular weight is 306 g/mol. The minimum atomic E-state index is -4.27. The van der Waals surface area contributed by atoms with Crippen LogP contribution in [-0.2, 0) is 6.18 Å². The molecule has 0 bridgehead atoms. The lowest BCUT2D eigenvalue weighted by Gasteiger charge is -2.30. The summed E-state index contributed by atoms with van der Waals surface area (Å²) in [5.41, 5.74) is 0.122. The lowest BCUT2D eigenvalue weighted by atomic mass is 9.80. The highest BCUT2D eigenvalue weighted by molar-refractivity contribution is 6.18. The molecule has 0 amide bonds. The van der Waals surface area contributed by atoms with Crippen molar-refractivity contribution in [2.24, 2.45) is 11.8 Å². The highest BCUT2D eigenvalue weighted by Crippen LogP contribution is 2.32. The van der Waals surface area contributed by atoms with Crippen molar-refractivity contribution >= 4 is 17.3 Å². The van der Waals surface area contributed by atoms with Crippen LogP contribution < -0.4 is 5.32 Å². The van der Waals surface area contributed by atoms with Crippen molar-refractivity contribution in [3.05, 3.63) is 29.8 Å². The van der Waals surface area contributed by atoms with Gasteiger partial charge in [-0.2, -0.15) is 13.2 Å². The summed E-state index contributed by atoms with van der Waals surface area (Å²) in [6, 6.07) is 5.20. The Bertz CT molecular complexity index is 416. The van der Waals surface area contributed by atoms with Gasteiger partial charge in [0.1, 0.15) is 0 Å². The van der Waals surface area contributed by atoms with Crippen LogP contribution in [0.25, 0.3) is 0 Å². The van der Waals surface area contributed by atoms with Crippen LogP contribution in [0.15, 0.2) is 24.3 Å². The van der Waals surface area contributed by atoms with E-state index in [0.29, 0.717) is 17.7 Å². The maximum atomic E-state index is 12.5. The largest absolute Gasteiger partial charge is 0.416 e. The molecule has 0 radical (unpaired) electrons. The normalized spacial score (nSPS) is 23.6. The van der Waals surface area contributed by atoms with E-state index < -0.39 is 11.7 Å². The van der Waals surface area contributed by atoms with Crippen molar-refractivity contribution in [2.75, 3.05) is 17.7 Å². The molecular weight excluding hydrogens is 287 g/mol. The Kier molecular flexibility index (Phi) is 5.19. The van der Waals surface area contributed by atoms with E-state index in [1.807, 2.05) is 0 Å². The zero-order valence-corrected chi connectivity index (χ0v) is 12.0. The van der Waals surface area contributed by atoms with E-state index in [9.17, 15) is 13.2 Å². The lowest BCUT2D eigenvalue weighted by molar-refractivity contribution is -0.137. The third-order valence-corrected chi connectivity index (χ3v) is 4.44. The summed E-state index contributed by atoms with van der Waals surface area (Å²) in [5, 5.41) is 3.23. The molecule has 112 valence electrons. The molecule has 1 aromatic carbocycles. The predicted octanol–water partition coefficient (Wildman–Crippen LogP) is 5.16. The third-order valence-electron chi connectivity index (χ3n) is 4.05. The summed E-state index contributed by atoms with van der Waals surface area (Å²) in [6.45, 7) is 0.781. The molecule has 1 aromatic rings. The second-order valence-electron chi connectivity index (χ2n) is 5.41. The molecule has 1 saturated carbocycles. The van der Waals surface area contributed by atoms with E-state index in [4.69, 9.17) is 11.6 Å². The van der Waals surface area contributed by atoms with Crippen LogP contribution in [0.2, 0.25) is 0 Å². The number of rotatable bonds is 4. The molecule has 2 rings (SSSR count). The average Bonchev–Trinajstić information content (AvgIpc) is 2.45. The summed E-state index contributed by atoms with van der Waals surface area (Å²) >= 11 is 5.98. The van der Waals surface area contributed by atoms with Gasteiger partial charge in [-0.1, -0.05) is 12.8 Å². The van der Waals surface area contributed by atoms with Gasteiger partial charge in [-0.25, -0.2) is 0 Å². The first-order valence-corrected chi connectivity index (χ1v) is 7.51. The quantitative estimate of drug-likeness (QED) is 0.757. The summed E-state index contributed by atoms with van der Waals surface area (Å²) < 4.78 is 37.4. The fourth-order valence-corrected chi connectivity index (χ4v) is 3.19. The molecule has 2 unspecified atom stereocenters. The standard InChI is InChI=1S/C15H19ClF3N/c16-9-11-3-1-2-4-12(11)10-20-14-7-5-13(6-8-14)15(17,18)19/h5-8,11-12,20H,1-4,9-10H2. The third kappa shape index (κ3) is 4.05. The van der Waals surface area contributed by atoms with Crippen LogP contribution in [0.4, 0.5) is 18.9 Å². The van der Waals surface area contributed by atoms with Gasteiger partial charge in [0.15, 0.2) is 0 Å². The fourth-order valence-electron chi connectivity index (χ4n) is 2.78. The molecule has 0 saturated heterocycles. The Balaban J connectivity index is 1.90. The van der Waals surface area contributed by atoms with Gasteiger partial charge in [0.05, 0.1) is 5.56 Å². The van der Waals surface area contributed by atoms with Crippen molar-refractivity contribution in [3.63, 3.8) is 0 Å². The van der Waals surface area contributed by atoms with E-state index in [1.54, 1.807) is 0 Å². The van der Waals surface area contributed by atoms with Gasteiger partial charge in [-0.15, -0.1) is 11.6 Å². The van der Waals surface area contributed by atoms with E-state index in [2.05, 4.69) is 5.32 Å². The zero-order chi connectivity index (χ0) is 14.6. The van der Waals surface area contributed by atoms with E-state index >= 15 is 0 Å². The number of nitrogens with one attached hydrogen (secondary N) is 1. The number of anilines is 1. The number of alkyl halides is 4. The minimum absolute atomic E-state index is 0.517. The van der Waals surface area contributed by atoms with Crippen molar-refractivity contribution in [1.29, 1.82) is 0 Å². The Morgan fingerprint density at radius 1 is 1.05 bits per heavy atom. The summed E-state index contributed by atoms with van der Waals surface area (Å²) in [5.74, 6) is 1.70. The van der Waals surface area contributed by atoms with Crippen LogP contribution in [0.1, 0.15) is 31.2 Å². The summed E-state index contributed by atoms with van der Waals surface area (Å²) in [4.78, 5) is 0. The van der Waals surface area contributed by atoms with Crippen LogP contribution >= 0.6 is 11.6 Å². The summed E-state index contributed by atoms with van der Waals surface area (Å²) in [6.07, 6.45) is 0.473. The highest BCUT2D eigenvalue weighted by atomic mass is 35.5. The molecular formula is C15H19ClF3N. The molecule has 0 aliphatic heterocycles. The van der Waals surface area contributed by atoms with Gasteiger partial charge in [0.2, 0.25) is 0 Å². The number of hydrogen-bond donors (Lipinski definition) is 1. The van der Waals surface area contributed by atoms with Crippen molar-refractivity contribution in [2.45, 2.75) is 31.9 Å². The van der Waals surface area contributed by atoms with E-state index in [-0.39, 0.29) is 0 Å². The van der Waals surface area contributed by atoms with Crippen LogP contribution in [-0.4, -0.2) is 12.4 Å². The summed E-state index contributed by atoms with van der Waals surface area (Å²) in [7, 11) is 0.